The molecule has 0 nitrogen and oxygen atoms in total. The van der Waals surface area contributed by atoms with E-state index >= 15 is 0 Å². The molecule has 0 N–H and O–H groups in total. The average molecular weight is 283 g/mol. The van der Waals surface area contributed by atoms with Gasteiger partial charge < -0.3 is 0 Å². The standard InChI is InChI=1S/C20H42/c1-6-7-8-9-10-11-12-13-14-15-16-19(4)20(5)17-18(2)3/h18-20H,6-17H2,1-5H3. The number of hydrogen-bond acceptors (Lipinski definition) is 0. The van der Waals surface area contributed by atoms with Crippen LogP contribution in [0.3, 0.4) is 0 Å². The van der Waals surface area contributed by atoms with Crippen molar-refractivity contribution in [1.29, 1.82) is 0 Å². The van der Waals surface area contributed by atoms with Crippen LogP contribution >= 0.6 is 0 Å². The maximum Gasteiger partial charge on any atom is -0.0415 e. The molecule has 0 saturated carbocycles. The SMILES string of the molecule is CCCCCCCCCCCCC(C)C(C)CC(C)C. The molecule has 2 atom stereocenters. The molecule has 0 amide bonds. The van der Waals surface area contributed by atoms with Gasteiger partial charge in [0.05, 0.1) is 0 Å². The normalized spacial score (nSPS) is 14.7. The summed E-state index contributed by atoms with van der Waals surface area (Å²) in [5, 5.41) is 0. The van der Waals surface area contributed by atoms with Gasteiger partial charge in [0, 0.05) is 0 Å². The van der Waals surface area contributed by atoms with Crippen LogP contribution in [0.5, 0.6) is 0 Å². The minimum Gasteiger partial charge on any atom is -0.0654 e. The van der Waals surface area contributed by atoms with E-state index in [1.807, 2.05) is 0 Å². The Hall–Kier alpha value is 0. The Kier molecular flexibility index (Phi) is 14.0. The van der Waals surface area contributed by atoms with Gasteiger partial charge >= 0.3 is 0 Å². The van der Waals surface area contributed by atoms with Gasteiger partial charge in [-0.2, -0.15) is 0 Å². The summed E-state index contributed by atoms with van der Waals surface area (Å²) < 4.78 is 0. The summed E-state index contributed by atoms with van der Waals surface area (Å²) in [6.07, 6.45) is 17.4. The lowest BCUT2D eigenvalue weighted by molar-refractivity contribution is 0.300. The van der Waals surface area contributed by atoms with Gasteiger partial charge in [-0.15, -0.1) is 0 Å². The molecule has 2 unspecified atom stereocenters. The van der Waals surface area contributed by atoms with Gasteiger partial charge in [0.15, 0.2) is 0 Å². The third kappa shape index (κ3) is 13.0. The van der Waals surface area contributed by atoms with E-state index in [0.717, 1.165) is 17.8 Å². The average Bonchev–Trinajstić information content (AvgIpc) is 2.39. The summed E-state index contributed by atoms with van der Waals surface area (Å²) in [4.78, 5) is 0. The Balaban J connectivity index is 3.26. The lowest BCUT2D eigenvalue weighted by Gasteiger charge is -2.21. The van der Waals surface area contributed by atoms with Crippen LogP contribution in [0.2, 0.25) is 0 Å². The summed E-state index contributed by atoms with van der Waals surface area (Å²) in [7, 11) is 0. The largest absolute Gasteiger partial charge is 0.0654 e. The second kappa shape index (κ2) is 14.0. The van der Waals surface area contributed by atoms with Crippen molar-refractivity contribution < 1.29 is 0 Å². The molecule has 0 aromatic heterocycles. The Morgan fingerprint density at radius 1 is 0.550 bits per heavy atom. The molecule has 0 aliphatic heterocycles. The van der Waals surface area contributed by atoms with Crippen LogP contribution in [0, 0.1) is 17.8 Å². The molecule has 0 aliphatic rings. The lowest BCUT2D eigenvalue weighted by atomic mass is 9.85. The second-order valence-electron chi connectivity index (χ2n) is 7.55. The van der Waals surface area contributed by atoms with Gasteiger partial charge in [-0.25, -0.2) is 0 Å². The lowest BCUT2D eigenvalue weighted by Crippen LogP contribution is -2.10. The number of hydrogen-bond donors (Lipinski definition) is 0. The fraction of sp³-hybridized carbons (Fsp3) is 1.00. The summed E-state index contributed by atoms with van der Waals surface area (Å²) in [6.45, 7) is 11.9. The highest BCUT2D eigenvalue weighted by Gasteiger charge is 2.12. The zero-order valence-electron chi connectivity index (χ0n) is 15.2. The molecule has 0 fully saturated rings. The van der Waals surface area contributed by atoms with Crippen molar-refractivity contribution in [1.82, 2.24) is 0 Å². The van der Waals surface area contributed by atoms with E-state index in [4.69, 9.17) is 0 Å². The van der Waals surface area contributed by atoms with Gasteiger partial charge in [0.2, 0.25) is 0 Å². The van der Waals surface area contributed by atoms with E-state index in [9.17, 15) is 0 Å². The Morgan fingerprint density at radius 3 is 1.45 bits per heavy atom. The van der Waals surface area contributed by atoms with Crippen LogP contribution in [-0.4, -0.2) is 0 Å². The highest BCUT2D eigenvalue weighted by Crippen LogP contribution is 2.24. The first-order valence-electron chi connectivity index (χ1n) is 9.57. The first-order valence-corrected chi connectivity index (χ1v) is 9.57. The van der Waals surface area contributed by atoms with E-state index in [0.29, 0.717) is 0 Å². The zero-order valence-corrected chi connectivity index (χ0v) is 15.2. The first-order chi connectivity index (χ1) is 9.57. The van der Waals surface area contributed by atoms with Crippen molar-refractivity contribution in [3.8, 4) is 0 Å². The quantitative estimate of drug-likeness (QED) is 0.287. The van der Waals surface area contributed by atoms with Crippen LogP contribution in [-0.2, 0) is 0 Å². The highest BCUT2D eigenvalue weighted by atomic mass is 14.2. The molecule has 0 radical (unpaired) electrons. The molecule has 0 heteroatoms. The van der Waals surface area contributed by atoms with E-state index < -0.39 is 0 Å². The molecule has 0 aliphatic carbocycles. The van der Waals surface area contributed by atoms with Crippen molar-refractivity contribution >= 4 is 0 Å². The van der Waals surface area contributed by atoms with E-state index in [-0.39, 0.29) is 0 Å². The van der Waals surface area contributed by atoms with Gasteiger partial charge in [-0.1, -0.05) is 105 Å². The predicted octanol–water partition coefficient (Wildman–Crippen LogP) is 7.62. The topological polar surface area (TPSA) is 0 Å². The summed E-state index contributed by atoms with van der Waals surface area (Å²) in [5.41, 5.74) is 0. The molecular formula is C20H42. The van der Waals surface area contributed by atoms with Crippen molar-refractivity contribution in [2.75, 3.05) is 0 Å². The van der Waals surface area contributed by atoms with Crippen LogP contribution in [0.1, 0.15) is 112 Å². The third-order valence-corrected chi connectivity index (χ3v) is 4.83. The van der Waals surface area contributed by atoms with Crippen molar-refractivity contribution in [2.24, 2.45) is 17.8 Å². The molecule has 0 rings (SSSR count). The smallest absolute Gasteiger partial charge is 0.0415 e. The Labute approximate surface area is 130 Å². The minimum atomic E-state index is 0.861. The van der Waals surface area contributed by atoms with Crippen molar-refractivity contribution in [3.05, 3.63) is 0 Å². The van der Waals surface area contributed by atoms with Gasteiger partial charge in [-0.05, 0) is 24.2 Å². The van der Waals surface area contributed by atoms with Crippen LogP contribution < -0.4 is 0 Å². The fourth-order valence-corrected chi connectivity index (χ4v) is 3.21. The van der Waals surface area contributed by atoms with Crippen molar-refractivity contribution in [3.63, 3.8) is 0 Å². The van der Waals surface area contributed by atoms with Crippen LogP contribution in [0.25, 0.3) is 0 Å². The summed E-state index contributed by atoms with van der Waals surface area (Å²) in [5.74, 6) is 2.69. The fourth-order valence-electron chi connectivity index (χ4n) is 3.21. The molecule has 0 saturated heterocycles. The van der Waals surface area contributed by atoms with Gasteiger partial charge in [-0.3, -0.25) is 0 Å². The minimum absolute atomic E-state index is 0.861. The zero-order chi connectivity index (χ0) is 15.2. The molecule has 0 aromatic rings. The monoisotopic (exact) mass is 282 g/mol. The molecule has 0 bridgehead atoms. The molecule has 20 heavy (non-hydrogen) atoms. The maximum atomic E-state index is 2.46. The molecular weight excluding hydrogens is 240 g/mol. The molecule has 0 heterocycles. The molecule has 0 spiro atoms. The predicted molar refractivity (Wildman–Crippen MR) is 94.2 cm³/mol. The maximum absolute atomic E-state index is 2.46. The summed E-state index contributed by atoms with van der Waals surface area (Å²) in [6, 6.07) is 0. The third-order valence-electron chi connectivity index (χ3n) is 4.83. The van der Waals surface area contributed by atoms with Gasteiger partial charge in [0.1, 0.15) is 0 Å². The van der Waals surface area contributed by atoms with Crippen LogP contribution in [0.15, 0.2) is 0 Å². The van der Waals surface area contributed by atoms with E-state index in [1.54, 1.807) is 0 Å². The van der Waals surface area contributed by atoms with Gasteiger partial charge in [0.25, 0.3) is 0 Å². The Morgan fingerprint density at radius 2 is 1.00 bits per heavy atom. The number of rotatable bonds is 14. The highest BCUT2D eigenvalue weighted by molar-refractivity contribution is 4.64. The van der Waals surface area contributed by atoms with Crippen molar-refractivity contribution in [2.45, 2.75) is 112 Å². The molecule has 122 valence electrons. The van der Waals surface area contributed by atoms with Crippen LogP contribution in [0.4, 0.5) is 0 Å². The second-order valence-corrected chi connectivity index (χ2v) is 7.55. The van der Waals surface area contributed by atoms with E-state index in [2.05, 4.69) is 34.6 Å². The van der Waals surface area contributed by atoms with E-state index in [1.165, 1.54) is 77.0 Å². The first kappa shape index (κ1) is 20.0. The molecule has 0 aromatic carbocycles. The summed E-state index contributed by atoms with van der Waals surface area (Å²) >= 11 is 0. The Bertz CT molecular complexity index is 182. The number of unbranched alkanes of at least 4 members (excludes halogenated alkanes) is 9.